The number of anilines is 2. The zero-order valence-corrected chi connectivity index (χ0v) is 22.0. The highest BCUT2D eigenvalue weighted by molar-refractivity contribution is 5.94. The molecule has 4 heterocycles. The summed E-state index contributed by atoms with van der Waals surface area (Å²) < 4.78 is 6.33. The van der Waals surface area contributed by atoms with Crippen LogP contribution in [0.15, 0.2) is 42.5 Å². The van der Waals surface area contributed by atoms with Gasteiger partial charge in [0.15, 0.2) is 0 Å². The summed E-state index contributed by atoms with van der Waals surface area (Å²) in [4.78, 5) is 17.6. The van der Waals surface area contributed by atoms with E-state index in [0.29, 0.717) is 18.7 Å². The monoisotopic (exact) mass is 485 g/mol. The Morgan fingerprint density at radius 1 is 0.972 bits per heavy atom. The van der Waals surface area contributed by atoms with E-state index in [2.05, 4.69) is 78.1 Å². The summed E-state index contributed by atoms with van der Waals surface area (Å²) in [6, 6.07) is 16.3. The first-order valence-corrected chi connectivity index (χ1v) is 13.7. The highest BCUT2D eigenvalue weighted by atomic mass is 16.5. The lowest BCUT2D eigenvalue weighted by molar-refractivity contribution is 0.187. The second kappa shape index (κ2) is 9.55. The molecule has 0 amide bonds. The summed E-state index contributed by atoms with van der Waals surface area (Å²) in [5.41, 5.74) is 3.81. The molecular weight excluding hydrogens is 446 g/mol. The fourth-order valence-electron chi connectivity index (χ4n) is 6.38. The Labute approximate surface area is 215 Å². The summed E-state index contributed by atoms with van der Waals surface area (Å²) >= 11 is 0. The predicted octanol–water partition coefficient (Wildman–Crippen LogP) is 5.43. The summed E-state index contributed by atoms with van der Waals surface area (Å²) in [5.74, 6) is 1.11. The van der Waals surface area contributed by atoms with Crippen molar-refractivity contribution in [1.29, 1.82) is 0 Å². The van der Waals surface area contributed by atoms with Crippen molar-refractivity contribution in [2.24, 2.45) is 0 Å². The van der Waals surface area contributed by atoms with Gasteiger partial charge in [0.1, 0.15) is 12.4 Å². The van der Waals surface area contributed by atoms with Gasteiger partial charge in [0.25, 0.3) is 0 Å². The molecule has 190 valence electrons. The molecule has 3 aliphatic heterocycles. The van der Waals surface area contributed by atoms with Crippen molar-refractivity contribution in [1.82, 2.24) is 14.9 Å². The quantitative estimate of drug-likeness (QED) is 0.480. The summed E-state index contributed by atoms with van der Waals surface area (Å²) in [6.07, 6.45) is 7.06. The highest BCUT2D eigenvalue weighted by Crippen LogP contribution is 2.38. The van der Waals surface area contributed by atoms with Crippen LogP contribution in [0.5, 0.6) is 6.01 Å². The van der Waals surface area contributed by atoms with Crippen molar-refractivity contribution in [3.8, 4) is 6.01 Å². The Bertz CT molecular complexity index is 1240. The maximum atomic E-state index is 6.33. The molecule has 6 heteroatoms. The van der Waals surface area contributed by atoms with Crippen LogP contribution < -0.4 is 14.5 Å². The van der Waals surface area contributed by atoms with E-state index in [9.17, 15) is 0 Å². The van der Waals surface area contributed by atoms with Gasteiger partial charge in [-0.15, -0.1) is 0 Å². The molecule has 36 heavy (non-hydrogen) atoms. The van der Waals surface area contributed by atoms with Gasteiger partial charge in [0, 0.05) is 41.3 Å². The van der Waals surface area contributed by atoms with Gasteiger partial charge in [-0.1, -0.05) is 36.4 Å². The number of hydrogen-bond donors (Lipinski definition) is 0. The minimum absolute atomic E-state index is 0.0933. The van der Waals surface area contributed by atoms with Crippen LogP contribution in [0.3, 0.4) is 0 Å². The van der Waals surface area contributed by atoms with E-state index in [1.807, 2.05) is 0 Å². The minimum Gasteiger partial charge on any atom is -0.462 e. The molecule has 0 unspecified atom stereocenters. The van der Waals surface area contributed by atoms with Gasteiger partial charge in [-0.2, -0.15) is 9.97 Å². The van der Waals surface area contributed by atoms with Crippen LogP contribution in [0, 0.1) is 0 Å². The van der Waals surface area contributed by atoms with Crippen molar-refractivity contribution in [2.45, 2.75) is 70.5 Å². The SMILES string of the molecule is CN1CCC[C@H]1COc1nc2c(c(N3CCCCC3(C)C)n1)CCN(c1cccc3ccccc13)C2. The number of likely N-dealkylation sites (tertiary alicyclic amines) is 1. The first kappa shape index (κ1) is 23.5. The third-order valence-electron chi connectivity index (χ3n) is 8.61. The van der Waals surface area contributed by atoms with Gasteiger partial charge >= 0.3 is 6.01 Å². The molecular formula is C30H39N5O. The molecule has 0 aliphatic carbocycles. The molecule has 2 saturated heterocycles. The third-order valence-corrected chi connectivity index (χ3v) is 8.61. The average molecular weight is 486 g/mol. The molecule has 0 bridgehead atoms. The number of hydrogen-bond acceptors (Lipinski definition) is 6. The van der Waals surface area contributed by atoms with Crippen molar-refractivity contribution < 1.29 is 4.74 Å². The first-order chi connectivity index (χ1) is 17.5. The Morgan fingerprint density at radius 3 is 2.67 bits per heavy atom. The zero-order chi connectivity index (χ0) is 24.7. The van der Waals surface area contributed by atoms with Crippen LogP contribution in [0.2, 0.25) is 0 Å². The molecule has 6 nitrogen and oxygen atoms in total. The van der Waals surface area contributed by atoms with E-state index >= 15 is 0 Å². The Kier molecular flexibility index (Phi) is 6.24. The van der Waals surface area contributed by atoms with Crippen molar-refractivity contribution >= 4 is 22.3 Å². The number of nitrogens with zero attached hydrogens (tertiary/aromatic N) is 5. The number of rotatable bonds is 5. The van der Waals surface area contributed by atoms with Gasteiger partial charge in [-0.3, -0.25) is 0 Å². The minimum atomic E-state index is 0.0933. The number of fused-ring (bicyclic) bond motifs is 2. The van der Waals surface area contributed by atoms with Crippen molar-refractivity contribution in [3.63, 3.8) is 0 Å². The van der Waals surface area contributed by atoms with E-state index in [0.717, 1.165) is 44.1 Å². The maximum Gasteiger partial charge on any atom is 0.318 e. The van der Waals surface area contributed by atoms with Crippen LogP contribution in [0.4, 0.5) is 11.5 Å². The molecule has 2 fully saturated rings. The maximum absolute atomic E-state index is 6.33. The Hall–Kier alpha value is -2.86. The normalized spacial score (nSPS) is 22.1. The fraction of sp³-hybridized carbons (Fsp3) is 0.533. The molecule has 6 rings (SSSR count). The average Bonchev–Trinajstić information content (AvgIpc) is 3.30. The number of ether oxygens (including phenoxy) is 1. The standard InChI is InChI=1S/C30H39N5O/c1-30(2)16-6-7-18-35(30)28-25-15-19-34(27-14-8-11-22-10-4-5-13-24(22)27)20-26(25)31-29(32-28)36-21-23-12-9-17-33(23)3/h4-5,8,10-11,13-14,23H,6-7,9,12,15-21H2,1-3H3/t23-/m0/s1. The molecule has 0 saturated carbocycles. The molecule has 2 aromatic carbocycles. The fourth-order valence-corrected chi connectivity index (χ4v) is 6.38. The van der Waals surface area contributed by atoms with Gasteiger partial charge in [-0.25, -0.2) is 0 Å². The summed E-state index contributed by atoms with van der Waals surface area (Å²) in [7, 11) is 2.19. The Balaban J connectivity index is 1.36. The third kappa shape index (κ3) is 4.40. The largest absolute Gasteiger partial charge is 0.462 e. The van der Waals surface area contributed by atoms with E-state index in [1.54, 1.807) is 0 Å². The van der Waals surface area contributed by atoms with Gasteiger partial charge in [0.05, 0.1) is 12.2 Å². The van der Waals surface area contributed by atoms with E-state index in [-0.39, 0.29) is 5.54 Å². The smallest absolute Gasteiger partial charge is 0.318 e. The van der Waals surface area contributed by atoms with Gasteiger partial charge in [-0.05, 0) is 77.4 Å². The van der Waals surface area contributed by atoms with Crippen LogP contribution in [0.25, 0.3) is 10.8 Å². The van der Waals surface area contributed by atoms with E-state index in [4.69, 9.17) is 14.7 Å². The van der Waals surface area contributed by atoms with Crippen molar-refractivity contribution in [2.75, 3.05) is 43.1 Å². The zero-order valence-electron chi connectivity index (χ0n) is 22.0. The summed E-state index contributed by atoms with van der Waals surface area (Å²) in [6.45, 7) is 9.33. The second-order valence-electron chi connectivity index (χ2n) is 11.4. The molecule has 1 aromatic heterocycles. The number of aromatic nitrogens is 2. The Morgan fingerprint density at radius 2 is 1.83 bits per heavy atom. The molecule has 1 atom stereocenters. The molecule has 0 N–H and O–H groups in total. The molecule has 3 aliphatic rings. The van der Waals surface area contributed by atoms with Crippen LogP contribution >= 0.6 is 0 Å². The molecule has 0 spiro atoms. The first-order valence-electron chi connectivity index (χ1n) is 13.7. The highest BCUT2D eigenvalue weighted by Gasteiger charge is 2.35. The molecule has 3 aromatic rings. The summed E-state index contributed by atoms with van der Waals surface area (Å²) in [5, 5.41) is 2.58. The number of likely N-dealkylation sites (N-methyl/N-ethyl adjacent to an activating group) is 1. The van der Waals surface area contributed by atoms with E-state index < -0.39 is 0 Å². The predicted molar refractivity (Wildman–Crippen MR) is 147 cm³/mol. The topological polar surface area (TPSA) is 44.7 Å². The lowest BCUT2D eigenvalue weighted by Crippen LogP contribution is -2.49. The van der Waals surface area contributed by atoms with Crippen LogP contribution in [-0.4, -0.2) is 59.7 Å². The number of benzene rings is 2. The van der Waals surface area contributed by atoms with Gasteiger partial charge in [0.2, 0.25) is 0 Å². The van der Waals surface area contributed by atoms with Crippen LogP contribution in [0.1, 0.15) is 57.2 Å². The van der Waals surface area contributed by atoms with E-state index in [1.165, 1.54) is 54.1 Å². The lowest BCUT2D eigenvalue weighted by atomic mass is 9.89. The number of piperidine rings is 1. The van der Waals surface area contributed by atoms with Crippen molar-refractivity contribution in [3.05, 3.63) is 53.7 Å². The van der Waals surface area contributed by atoms with Gasteiger partial charge < -0.3 is 19.4 Å². The molecule has 0 radical (unpaired) electrons. The van der Waals surface area contributed by atoms with Crippen LogP contribution in [-0.2, 0) is 13.0 Å². The second-order valence-corrected chi connectivity index (χ2v) is 11.4. The lowest BCUT2D eigenvalue weighted by Gasteiger charge is -2.45.